The molecule has 0 spiro atoms. The van der Waals surface area contributed by atoms with Crippen molar-refractivity contribution >= 4 is 45.6 Å². The highest BCUT2D eigenvalue weighted by Crippen LogP contribution is 2.32. The van der Waals surface area contributed by atoms with Gasteiger partial charge in [0.2, 0.25) is 0 Å². The maximum Gasteiger partial charge on any atom is 0.290 e. The van der Waals surface area contributed by atoms with Crippen molar-refractivity contribution in [2.45, 2.75) is 20.3 Å². The number of anilines is 1. The molecule has 1 aromatic heterocycles. The molecule has 2 saturated heterocycles. The van der Waals surface area contributed by atoms with Crippen molar-refractivity contribution in [2.24, 2.45) is 0 Å². The predicted molar refractivity (Wildman–Crippen MR) is 138 cm³/mol. The number of carbonyl (C=O) groups excluding carboxylic acids is 2. The van der Waals surface area contributed by atoms with E-state index in [1.165, 1.54) is 0 Å². The van der Waals surface area contributed by atoms with Crippen LogP contribution in [0.1, 0.15) is 24.7 Å². The van der Waals surface area contributed by atoms with Crippen LogP contribution in [0.15, 0.2) is 41.3 Å². The zero-order chi connectivity index (χ0) is 24.5. The van der Waals surface area contributed by atoms with Gasteiger partial charge in [-0.25, -0.2) is 14.4 Å². The van der Waals surface area contributed by atoms with Crippen LogP contribution in [-0.2, 0) is 4.79 Å². The summed E-state index contributed by atoms with van der Waals surface area (Å²) < 4.78 is 15.3. The van der Waals surface area contributed by atoms with Crippen molar-refractivity contribution in [3.63, 3.8) is 0 Å². The second kappa shape index (κ2) is 9.75. The Kier molecular flexibility index (Phi) is 6.53. The molecule has 2 aliphatic rings. The second-order valence-electron chi connectivity index (χ2n) is 8.74. The maximum absolute atomic E-state index is 15.3. The molecule has 7 nitrogen and oxygen atoms in total. The van der Waals surface area contributed by atoms with Crippen LogP contribution in [0.4, 0.5) is 14.9 Å². The Morgan fingerprint density at radius 2 is 1.89 bits per heavy atom. The molecule has 2 aromatic carbocycles. The van der Waals surface area contributed by atoms with E-state index in [2.05, 4.69) is 32.0 Å². The normalized spacial score (nSPS) is 18.0. The van der Waals surface area contributed by atoms with Gasteiger partial charge in [-0.2, -0.15) is 0 Å². The summed E-state index contributed by atoms with van der Waals surface area (Å²) in [5.41, 5.74) is 3.37. The Labute approximate surface area is 207 Å². The van der Waals surface area contributed by atoms with E-state index in [1.807, 2.05) is 37.3 Å². The molecule has 2 amide bonds. The van der Waals surface area contributed by atoms with Gasteiger partial charge < -0.3 is 4.90 Å². The summed E-state index contributed by atoms with van der Waals surface area (Å²) in [6.45, 7) is 8.54. The number of nitrogens with zero attached hydrogens (tertiary/aromatic N) is 4. The van der Waals surface area contributed by atoms with Gasteiger partial charge in [0, 0.05) is 37.1 Å². The Morgan fingerprint density at radius 3 is 2.57 bits per heavy atom. The number of nitrogens with one attached hydrogen (secondary N) is 1. The molecule has 0 saturated carbocycles. The summed E-state index contributed by atoms with van der Waals surface area (Å²) in [4.78, 5) is 37.4. The largest absolute Gasteiger partial charge is 0.367 e. The molecular weight excluding hydrogens is 465 g/mol. The molecule has 2 aliphatic heterocycles. The van der Waals surface area contributed by atoms with Crippen LogP contribution in [0, 0.1) is 12.7 Å². The molecule has 2 fully saturated rings. The standard InChI is InChI=1S/C26H26FN5O2S/c1-3-8-31-9-11-32(12-10-31)22-7-5-18(15-20(22)27)24-19-13-17(4-6-21(19)28-16(2)29-24)14-23-25(33)30-26(34)35-23/h4-7,13-15H,3,8-12H2,1-2H3,(H,30,33,34)/b23-14-. The Balaban J connectivity index is 1.48. The molecule has 0 atom stereocenters. The van der Waals surface area contributed by atoms with Crippen molar-refractivity contribution in [1.82, 2.24) is 20.2 Å². The van der Waals surface area contributed by atoms with Crippen molar-refractivity contribution < 1.29 is 14.0 Å². The molecule has 0 bridgehead atoms. The number of hydrogen-bond acceptors (Lipinski definition) is 7. The van der Waals surface area contributed by atoms with Crippen molar-refractivity contribution in [2.75, 3.05) is 37.6 Å². The minimum Gasteiger partial charge on any atom is -0.367 e. The average Bonchev–Trinajstić information content (AvgIpc) is 3.15. The van der Waals surface area contributed by atoms with Gasteiger partial charge in [-0.05, 0) is 67.6 Å². The zero-order valence-corrected chi connectivity index (χ0v) is 20.5. The Hall–Kier alpha value is -3.30. The topological polar surface area (TPSA) is 78.4 Å². The van der Waals surface area contributed by atoms with Gasteiger partial charge in [-0.3, -0.25) is 19.8 Å². The van der Waals surface area contributed by atoms with Crippen LogP contribution in [0.3, 0.4) is 0 Å². The van der Waals surface area contributed by atoms with E-state index in [9.17, 15) is 9.59 Å². The molecule has 35 heavy (non-hydrogen) atoms. The molecule has 0 unspecified atom stereocenters. The van der Waals surface area contributed by atoms with Crippen molar-refractivity contribution in [1.29, 1.82) is 0 Å². The molecular formula is C26H26FN5O2S. The third-order valence-corrected chi connectivity index (χ3v) is 7.06. The number of piperazine rings is 1. The van der Waals surface area contributed by atoms with Crippen molar-refractivity contribution in [3.05, 3.63) is 58.5 Å². The quantitative estimate of drug-likeness (QED) is 0.523. The first-order chi connectivity index (χ1) is 16.9. The summed E-state index contributed by atoms with van der Waals surface area (Å²) in [5.74, 6) is -0.0909. The first kappa shape index (κ1) is 23.4. The SMILES string of the molecule is CCCN1CCN(c2ccc(-c3nc(C)nc4ccc(/C=C5\SC(=O)NC5=O)cc34)cc2F)CC1. The van der Waals surface area contributed by atoms with Crippen LogP contribution >= 0.6 is 11.8 Å². The highest BCUT2D eigenvalue weighted by atomic mass is 32.2. The molecule has 180 valence electrons. The van der Waals surface area contributed by atoms with Gasteiger partial charge in [-0.1, -0.05) is 19.1 Å². The van der Waals surface area contributed by atoms with Gasteiger partial charge >= 0.3 is 0 Å². The highest BCUT2D eigenvalue weighted by Gasteiger charge is 2.25. The van der Waals surface area contributed by atoms with Gasteiger partial charge in [0.25, 0.3) is 11.1 Å². The number of imide groups is 1. The van der Waals surface area contributed by atoms with Crippen molar-refractivity contribution in [3.8, 4) is 11.3 Å². The van der Waals surface area contributed by atoms with Crippen LogP contribution in [0.25, 0.3) is 28.2 Å². The first-order valence-electron chi connectivity index (χ1n) is 11.7. The molecule has 0 radical (unpaired) electrons. The third-order valence-electron chi connectivity index (χ3n) is 6.25. The van der Waals surface area contributed by atoms with E-state index >= 15 is 4.39 Å². The summed E-state index contributed by atoms with van der Waals surface area (Å²) in [7, 11) is 0. The number of amides is 2. The Morgan fingerprint density at radius 1 is 1.09 bits per heavy atom. The van der Waals surface area contributed by atoms with Gasteiger partial charge in [-0.15, -0.1) is 0 Å². The lowest BCUT2D eigenvalue weighted by Crippen LogP contribution is -2.46. The van der Waals surface area contributed by atoms with E-state index in [0.717, 1.165) is 67.4 Å². The van der Waals surface area contributed by atoms with E-state index in [4.69, 9.17) is 0 Å². The number of hydrogen-bond donors (Lipinski definition) is 1. The molecule has 5 rings (SSSR count). The zero-order valence-electron chi connectivity index (χ0n) is 19.7. The van der Waals surface area contributed by atoms with E-state index < -0.39 is 5.91 Å². The fourth-order valence-electron chi connectivity index (χ4n) is 4.58. The number of fused-ring (bicyclic) bond motifs is 1. The lowest BCUT2D eigenvalue weighted by Gasteiger charge is -2.36. The van der Waals surface area contributed by atoms with Crippen LogP contribution in [0.5, 0.6) is 0 Å². The minimum absolute atomic E-state index is 0.272. The minimum atomic E-state index is -0.409. The number of carbonyl (C=O) groups is 2. The van der Waals surface area contributed by atoms with Gasteiger partial charge in [0.1, 0.15) is 11.6 Å². The second-order valence-corrected chi connectivity index (χ2v) is 9.76. The third kappa shape index (κ3) is 4.92. The van der Waals surface area contributed by atoms with Crippen LogP contribution < -0.4 is 10.2 Å². The molecule has 3 heterocycles. The Bertz CT molecular complexity index is 1350. The lowest BCUT2D eigenvalue weighted by molar-refractivity contribution is -0.115. The number of halogens is 1. The molecule has 1 N–H and O–H groups in total. The molecule has 3 aromatic rings. The van der Waals surface area contributed by atoms with Crippen LogP contribution in [0.2, 0.25) is 0 Å². The number of aryl methyl sites for hydroxylation is 1. The average molecular weight is 492 g/mol. The molecule has 9 heteroatoms. The number of rotatable bonds is 5. The maximum atomic E-state index is 15.3. The molecule has 0 aliphatic carbocycles. The number of thioether (sulfide) groups is 1. The lowest BCUT2D eigenvalue weighted by atomic mass is 10.0. The highest BCUT2D eigenvalue weighted by molar-refractivity contribution is 8.18. The predicted octanol–water partition coefficient (Wildman–Crippen LogP) is 4.60. The summed E-state index contributed by atoms with van der Waals surface area (Å²) in [6, 6.07) is 10.8. The monoisotopic (exact) mass is 491 g/mol. The van der Waals surface area contributed by atoms with E-state index in [0.29, 0.717) is 27.7 Å². The fourth-order valence-corrected chi connectivity index (χ4v) is 5.27. The summed E-state index contributed by atoms with van der Waals surface area (Å²) >= 11 is 0.870. The number of aromatic nitrogens is 2. The van der Waals surface area contributed by atoms with E-state index in [1.54, 1.807) is 12.1 Å². The van der Waals surface area contributed by atoms with E-state index in [-0.39, 0.29) is 11.1 Å². The van der Waals surface area contributed by atoms with Gasteiger partial charge in [0.05, 0.1) is 21.8 Å². The fraction of sp³-hybridized carbons (Fsp3) is 0.308. The first-order valence-corrected chi connectivity index (χ1v) is 12.5. The van der Waals surface area contributed by atoms with Gasteiger partial charge in [0.15, 0.2) is 0 Å². The summed E-state index contributed by atoms with van der Waals surface area (Å²) in [5, 5.41) is 2.62. The number of benzene rings is 2. The van der Waals surface area contributed by atoms with Crippen LogP contribution in [-0.4, -0.2) is 58.7 Å². The smallest absolute Gasteiger partial charge is 0.290 e. The summed E-state index contributed by atoms with van der Waals surface area (Å²) in [6.07, 6.45) is 2.79.